The lowest BCUT2D eigenvalue weighted by atomic mass is 9.50. The van der Waals surface area contributed by atoms with Crippen molar-refractivity contribution in [2.24, 2.45) is 5.41 Å². The summed E-state index contributed by atoms with van der Waals surface area (Å²) in [6, 6.07) is 8.77. The van der Waals surface area contributed by atoms with Crippen LogP contribution in [0.2, 0.25) is 5.31 Å². The van der Waals surface area contributed by atoms with Crippen molar-refractivity contribution in [2.75, 3.05) is 0 Å². The number of hydrogen-bond acceptors (Lipinski definition) is 0. The first kappa shape index (κ1) is 11.8. The van der Waals surface area contributed by atoms with E-state index in [4.69, 9.17) is 7.85 Å². The molecule has 1 aromatic carbocycles. The summed E-state index contributed by atoms with van der Waals surface area (Å²) in [7, 11) is 6.65. The second-order valence-corrected chi connectivity index (χ2v) is 6.21. The molecule has 0 heterocycles. The molecule has 0 bridgehead atoms. The van der Waals surface area contributed by atoms with Gasteiger partial charge in [-0.15, -0.1) is 0 Å². The quantitative estimate of drug-likeness (QED) is 0.451. The van der Waals surface area contributed by atoms with Crippen molar-refractivity contribution in [3.8, 4) is 0 Å². The van der Waals surface area contributed by atoms with Gasteiger partial charge in [0.2, 0.25) is 0 Å². The van der Waals surface area contributed by atoms with Gasteiger partial charge < -0.3 is 0 Å². The van der Waals surface area contributed by atoms with E-state index in [2.05, 4.69) is 45.0 Å². The fourth-order valence-electron chi connectivity index (χ4n) is 2.64. The van der Waals surface area contributed by atoms with E-state index >= 15 is 0 Å². The molecule has 2 rings (SSSR count). The smallest absolute Gasteiger partial charge is 0.0620 e. The van der Waals surface area contributed by atoms with E-state index in [0.717, 1.165) is 12.8 Å². The second kappa shape index (κ2) is 3.94. The van der Waals surface area contributed by atoms with Gasteiger partial charge >= 0.3 is 0 Å². The monoisotopic (exact) mass is 212 g/mol. The van der Waals surface area contributed by atoms with Crippen LogP contribution in [0.5, 0.6) is 0 Å². The summed E-state index contributed by atoms with van der Waals surface area (Å²) in [6.45, 7) is 6.79. The highest BCUT2D eigenvalue weighted by Crippen LogP contribution is 2.50. The molecule has 0 spiro atoms. The summed E-state index contributed by atoms with van der Waals surface area (Å²) in [5.41, 5.74) is 3.13. The van der Waals surface area contributed by atoms with Gasteiger partial charge in [0.25, 0.3) is 0 Å². The van der Waals surface area contributed by atoms with E-state index in [1.807, 2.05) is 0 Å². The summed E-state index contributed by atoms with van der Waals surface area (Å²) >= 11 is 0. The maximum atomic E-state index is 6.65. The van der Waals surface area contributed by atoms with E-state index in [-0.39, 0.29) is 10.7 Å². The number of aryl methyl sites for hydroxylation is 1. The Labute approximate surface area is 101 Å². The van der Waals surface area contributed by atoms with Crippen molar-refractivity contribution >= 4 is 7.85 Å². The van der Waals surface area contributed by atoms with Crippen LogP contribution in [0, 0.1) is 5.41 Å². The zero-order valence-electron chi connectivity index (χ0n) is 10.7. The largest absolute Gasteiger partial charge is 0.0757 e. The predicted octanol–water partition coefficient (Wildman–Crippen LogP) is 3.94. The summed E-state index contributed by atoms with van der Waals surface area (Å²) in [6.07, 6.45) is 4.55. The van der Waals surface area contributed by atoms with Crippen molar-refractivity contribution in [1.29, 1.82) is 0 Å². The average Bonchev–Trinajstić information content (AvgIpc) is 2.35. The molecule has 1 atom stereocenters. The van der Waals surface area contributed by atoms with Crippen molar-refractivity contribution in [2.45, 2.75) is 51.8 Å². The van der Waals surface area contributed by atoms with Crippen LogP contribution in [-0.2, 0) is 12.8 Å². The molecule has 2 radical (unpaired) electrons. The highest BCUT2D eigenvalue weighted by atomic mass is 14.4. The predicted molar refractivity (Wildman–Crippen MR) is 71.0 cm³/mol. The standard InChI is InChI=1S/C15H21B/c1-14(2,3)15(16)10-6-9-12-7-4-5-8-13(12)11-15/h4-5,7-8H,6,9-11H2,1-3H3. The van der Waals surface area contributed by atoms with E-state index in [1.165, 1.54) is 24.0 Å². The molecule has 1 heteroatoms. The molecule has 0 saturated carbocycles. The lowest BCUT2D eigenvalue weighted by Gasteiger charge is -2.42. The first-order valence-electron chi connectivity index (χ1n) is 6.28. The molecule has 1 aliphatic rings. The van der Waals surface area contributed by atoms with E-state index in [9.17, 15) is 0 Å². The maximum absolute atomic E-state index is 6.65. The van der Waals surface area contributed by atoms with Crippen molar-refractivity contribution in [3.05, 3.63) is 35.4 Å². The third kappa shape index (κ3) is 2.05. The van der Waals surface area contributed by atoms with Gasteiger partial charge in [-0.05, 0) is 35.8 Å². The average molecular weight is 212 g/mol. The van der Waals surface area contributed by atoms with Crippen molar-refractivity contribution < 1.29 is 0 Å². The Morgan fingerprint density at radius 3 is 2.38 bits per heavy atom. The molecule has 0 aliphatic heterocycles. The second-order valence-electron chi connectivity index (χ2n) is 6.21. The number of benzene rings is 1. The van der Waals surface area contributed by atoms with Crippen LogP contribution in [0.3, 0.4) is 0 Å². The van der Waals surface area contributed by atoms with Crippen LogP contribution < -0.4 is 0 Å². The first-order valence-corrected chi connectivity index (χ1v) is 6.28. The summed E-state index contributed by atoms with van der Waals surface area (Å²) in [5.74, 6) is 0. The van der Waals surface area contributed by atoms with Gasteiger partial charge in [0.1, 0.15) is 0 Å². The molecule has 16 heavy (non-hydrogen) atoms. The van der Waals surface area contributed by atoms with Gasteiger partial charge in [-0.3, -0.25) is 0 Å². The number of rotatable bonds is 0. The minimum Gasteiger partial charge on any atom is -0.0620 e. The Kier molecular flexibility index (Phi) is 2.90. The molecule has 0 amide bonds. The molecule has 0 saturated heterocycles. The van der Waals surface area contributed by atoms with Gasteiger partial charge in [-0.25, -0.2) is 0 Å². The molecular weight excluding hydrogens is 191 g/mol. The van der Waals surface area contributed by atoms with Crippen LogP contribution in [0.4, 0.5) is 0 Å². The van der Waals surface area contributed by atoms with Gasteiger partial charge in [-0.2, -0.15) is 0 Å². The van der Waals surface area contributed by atoms with Gasteiger partial charge in [-0.1, -0.05) is 56.8 Å². The van der Waals surface area contributed by atoms with Crippen LogP contribution in [0.1, 0.15) is 44.7 Å². The normalized spacial score (nSPS) is 25.9. The molecule has 1 aromatic rings. The van der Waals surface area contributed by atoms with Gasteiger partial charge in [0, 0.05) is 0 Å². The lowest BCUT2D eigenvalue weighted by molar-refractivity contribution is 0.245. The third-order valence-electron chi connectivity index (χ3n) is 4.19. The molecule has 1 unspecified atom stereocenters. The minimum atomic E-state index is -0.0559. The lowest BCUT2D eigenvalue weighted by Crippen LogP contribution is -2.31. The minimum absolute atomic E-state index is 0.0559. The summed E-state index contributed by atoms with van der Waals surface area (Å²) in [5, 5.41) is -0.0559. The topological polar surface area (TPSA) is 0 Å². The number of fused-ring (bicyclic) bond motifs is 1. The van der Waals surface area contributed by atoms with Crippen LogP contribution in [-0.4, -0.2) is 7.85 Å². The molecule has 0 fully saturated rings. The molecule has 84 valence electrons. The molecular formula is C15H21B. The zero-order chi connectivity index (χ0) is 11.8. The van der Waals surface area contributed by atoms with Gasteiger partial charge in [0.05, 0.1) is 7.85 Å². The maximum Gasteiger partial charge on any atom is 0.0757 e. The first-order chi connectivity index (χ1) is 7.42. The van der Waals surface area contributed by atoms with E-state index in [1.54, 1.807) is 0 Å². The summed E-state index contributed by atoms with van der Waals surface area (Å²) in [4.78, 5) is 0. The molecule has 0 aromatic heterocycles. The highest BCUT2D eigenvalue weighted by molar-refractivity contribution is 6.16. The fraction of sp³-hybridized carbons (Fsp3) is 0.600. The number of hydrogen-bond donors (Lipinski definition) is 0. The zero-order valence-corrected chi connectivity index (χ0v) is 10.7. The molecule has 0 nitrogen and oxygen atoms in total. The third-order valence-corrected chi connectivity index (χ3v) is 4.19. The van der Waals surface area contributed by atoms with Crippen LogP contribution >= 0.6 is 0 Å². The Bertz CT molecular complexity index is 375. The molecule has 0 N–H and O–H groups in total. The Balaban J connectivity index is 2.36. The van der Waals surface area contributed by atoms with E-state index < -0.39 is 0 Å². The Morgan fingerprint density at radius 1 is 1.12 bits per heavy atom. The van der Waals surface area contributed by atoms with E-state index in [0.29, 0.717) is 0 Å². The SMILES string of the molecule is [B]C1(C(C)(C)C)CCCc2ccccc2C1. The fourth-order valence-corrected chi connectivity index (χ4v) is 2.64. The van der Waals surface area contributed by atoms with Crippen LogP contribution in [0.25, 0.3) is 0 Å². The van der Waals surface area contributed by atoms with Crippen LogP contribution in [0.15, 0.2) is 24.3 Å². The summed E-state index contributed by atoms with van der Waals surface area (Å²) < 4.78 is 0. The van der Waals surface area contributed by atoms with Crippen molar-refractivity contribution in [3.63, 3.8) is 0 Å². The van der Waals surface area contributed by atoms with Crippen molar-refractivity contribution in [1.82, 2.24) is 0 Å². The molecule has 1 aliphatic carbocycles. The van der Waals surface area contributed by atoms with Gasteiger partial charge in [0.15, 0.2) is 0 Å². The Morgan fingerprint density at radius 2 is 1.75 bits per heavy atom. The Hall–Kier alpha value is -0.715. The highest BCUT2D eigenvalue weighted by Gasteiger charge is 2.37.